The van der Waals surface area contributed by atoms with E-state index in [9.17, 15) is 9.59 Å². The molecule has 1 atom stereocenters. The van der Waals surface area contributed by atoms with E-state index < -0.39 is 12.0 Å². The smallest absolute Gasteiger partial charge is 0.338 e. The van der Waals surface area contributed by atoms with Crippen LogP contribution in [-0.4, -0.2) is 37.5 Å². The lowest BCUT2D eigenvalue weighted by molar-refractivity contribution is -0.143. The Labute approximate surface area is 238 Å². The van der Waals surface area contributed by atoms with Gasteiger partial charge in [-0.1, -0.05) is 49.3 Å². The molecule has 0 N–H and O–H groups in total. The summed E-state index contributed by atoms with van der Waals surface area (Å²) in [4.78, 5) is 32.3. The molecule has 1 aliphatic heterocycles. The topological polar surface area (TPSA) is 88.4 Å². The van der Waals surface area contributed by atoms with E-state index in [4.69, 9.17) is 18.9 Å². The van der Waals surface area contributed by atoms with Crippen molar-refractivity contribution in [2.75, 3.05) is 20.8 Å². The number of allylic oxidation sites excluding steroid dienone is 1. The minimum atomic E-state index is -0.691. The highest BCUT2D eigenvalue weighted by molar-refractivity contribution is 7.07. The Balaban J connectivity index is 1.79. The Morgan fingerprint density at radius 2 is 1.82 bits per heavy atom. The summed E-state index contributed by atoms with van der Waals surface area (Å²) in [5.41, 5.74) is 2.16. The first kappa shape index (κ1) is 29.1. The number of methoxy groups -OCH3 is 2. The lowest BCUT2D eigenvalue weighted by Gasteiger charge is -2.25. The van der Waals surface area contributed by atoms with Gasteiger partial charge >= 0.3 is 5.97 Å². The summed E-state index contributed by atoms with van der Waals surface area (Å²) in [6, 6.07) is 12.2. The standard InChI is InChI=1S/C31H36N2O6S/c1-7-8-9-16-38-24-15-10-21(17-25(24)37-6)18-26-29(34)33-28(22-11-13-23(36-5)14-12-22)27(30(35)39-19(2)3)20(4)32-31(33)40-26/h10-15,17-19,28H,7-9,16H2,1-6H3/b26-18+/t28-/m0/s1. The molecule has 9 heteroatoms. The first-order valence-electron chi connectivity index (χ1n) is 13.5. The molecule has 0 bridgehead atoms. The maximum absolute atomic E-state index is 13.9. The number of hydrogen-bond acceptors (Lipinski definition) is 8. The number of rotatable bonds is 11. The molecule has 0 fully saturated rings. The normalized spacial score (nSPS) is 15.1. The number of esters is 1. The Kier molecular flexibility index (Phi) is 9.47. The van der Waals surface area contributed by atoms with Crippen LogP contribution in [0, 0.1) is 0 Å². The number of hydrogen-bond donors (Lipinski definition) is 0. The summed E-state index contributed by atoms with van der Waals surface area (Å²) < 4.78 is 24.4. The van der Waals surface area contributed by atoms with Crippen LogP contribution in [0.5, 0.6) is 17.2 Å². The number of benzene rings is 2. The third kappa shape index (κ3) is 6.31. The number of carbonyl (C=O) groups excluding carboxylic acids is 1. The Morgan fingerprint density at radius 1 is 1.07 bits per heavy atom. The third-order valence-corrected chi connectivity index (χ3v) is 7.49. The van der Waals surface area contributed by atoms with Crippen LogP contribution in [0.1, 0.15) is 64.1 Å². The minimum Gasteiger partial charge on any atom is -0.497 e. The average Bonchev–Trinajstić information content (AvgIpc) is 3.24. The highest BCUT2D eigenvalue weighted by atomic mass is 32.1. The van der Waals surface area contributed by atoms with Crippen LogP contribution in [0.4, 0.5) is 0 Å². The molecular weight excluding hydrogens is 528 g/mol. The highest BCUT2D eigenvalue weighted by Crippen LogP contribution is 2.32. The second-order valence-electron chi connectivity index (χ2n) is 9.77. The number of aromatic nitrogens is 1. The minimum absolute atomic E-state index is 0.245. The molecule has 3 aromatic rings. The van der Waals surface area contributed by atoms with E-state index in [1.54, 1.807) is 39.6 Å². The SMILES string of the molecule is CCCCCOc1ccc(/C=c2/sc3n(c2=O)[C@@H](c2ccc(OC)cc2)C(C(=O)OC(C)C)=C(C)N=3)cc1OC. The maximum Gasteiger partial charge on any atom is 0.338 e. The fourth-order valence-electron chi connectivity index (χ4n) is 4.54. The molecule has 0 amide bonds. The molecule has 0 radical (unpaired) electrons. The average molecular weight is 565 g/mol. The molecule has 8 nitrogen and oxygen atoms in total. The number of unbranched alkanes of at least 4 members (excludes halogenated alkanes) is 2. The third-order valence-electron chi connectivity index (χ3n) is 6.51. The molecule has 1 aliphatic rings. The molecule has 0 spiro atoms. The van der Waals surface area contributed by atoms with Gasteiger partial charge in [0.25, 0.3) is 5.56 Å². The number of thiazole rings is 1. The van der Waals surface area contributed by atoms with Gasteiger partial charge in [0.05, 0.1) is 48.8 Å². The van der Waals surface area contributed by atoms with Gasteiger partial charge in [0.1, 0.15) is 5.75 Å². The van der Waals surface area contributed by atoms with Crippen molar-refractivity contribution in [1.82, 2.24) is 4.57 Å². The summed E-state index contributed by atoms with van der Waals surface area (Å²) in [6.07, 6.45) is 4.70. The second-order valence-corrected chi connectivity index (χ2v) is 10.8. The quantitative estimate of drug-likeness (QED) is 0.246. The van der Waals surface area contributed by atoms with E-state index in [0.717, 1.165) is 30.4 Å². The number of fused-ring (bicyclic) bond motifs is 1. The molecule has 0 aliphatic carbocycles. The summed E-state index contributed by atoms with van der Waals surface area (Å²) in [7, 11) is 3.19. The summed E-state index contributed by atoms with van der Waals surface area (Å²) in [5.74, 6) is 1.45. The van der Waals surface area contributed by atoms with Gasteiger partial charge in [-0.3, -0.25) is 9.36 Å². The molecule has 0 unspecified atom stereocenters. The zero-order chi connectivity index (χ0) is 28.8. The molecule has 4 rings (SSSR count). The lowest BCUT2D eigenvalue weighted by Crippen LogP contribution is -2.40. The van der Waals surface area contributed by atoms with E-state index in [2.05, 4.69) is 11.9 Å². The fraction of sp³-hybridized carbons (Fsp3) is 0.387. The van der Waals surface area contributed by atoms with Crippen LogP contribution >= 0.6 is 11.3 Å². The van der Waals surface area contributed by atoms with Crippen LogP contribution in [0.2, 0.25) is 0 Å². The molecule has 2 heterocycles. The van der Waals surface area contributed by atoms with Gasteiger partial charge in [-0.25, -0.2) is 9.79 Å². The van der Waals surface area contributed by atoms with E-state index in [1.165, 1.54) is 11.3 Å². The lowest BCUT2D eigenvalue weighted by atomic mass is 9.96. The van der Waals surface area contributed by atoms with Crippen LogP contribution in [-0.2, 0) is 9.53 Å². The monoisotopic (exact) mass is 564 g/mol. The van der Waals surface area contributed by atoms with Gasteiger partial charge in [0, 0.05) is 0 Å². The van der Waals surface area contributed by atoms with Crippen molar-refractivity contribution in [3.8, 4) is 17.2 Å². The second kappa shape index (κ2) is 13.0. The van der Waals surface area contributed by atoms with Crippen LogP contribution in [0.3, 0.4) is 0 Å². The largest absolute Gasteiger partial charge is 0.497 e. The maximum atomic E-state index is 13.9. The molecule has 212 valence electrons. The van der Waals surface area contributed by atoms with Gasteiger partial charge in [0.2, 0.25) is 0 Å². The first-order valence-corrected chi connectivity index (χ1v) is 14.3. The highest BCUT2D eigenvalue weighted by Gasteiger charge is 2.33. The molecule has 1 aromatic heterocycles. The van der Waals surface area contributed by atoms with Crippen molar-refractivity contribution in [2.45, 2.75) is 59.1 Å². The zero-order valence-electron chi connectivity index (χ0n) is 23.9. The molecule has 0 saturated carbocycles. The van der Waals surface area contributed by atoms with Crippen LogP contribution in [0.25, 0.3) is 6.08 Å². The van der Waals surface area contributed by atoms with Crippen LogP contribution in [0.15, 0.2) is 63.5 Å². The van der Waals surface area contributed by atoms with E-state index in [1.807, 2.05) is 48.5 Å². The summed E-state index contributed by atoms with van der Waals surface area (Å²) in [5, 5.41) is 0. The van der Waals surface area contributed by atoms with E-state index in [-0.39, 0.29) is 11.7 Å². The zero-order valence-corrected chi connectivity index (χ0v) is 24.7. The van der Waals surface area contributed by atoms with Crippen molar-refractivity contribution in [1.29, 1.82) is 0 Å². The van der Waals surface area contributed by atoms with Gasteiger partial charge < -0.3 is 18.9 Å². The van der Waals surface area contributed by atoms with E-state index in [0.29, 0.717) is 44.5 Å². The molecule has 40 heavy (non-hydrogen) atoms. The Bertz CT molecular complexity index is 1570. The fourth-order valence-corrected chi connectivity index (χ4v) is 5.59. The van der Waals surface area contributed by atoms with Crippen molar-refractivity contribution in [2.24, 2.45) is 4.99 Å². The number of nitrogens with zero attached hydrogens (tertiary/aromatic N) is 2. The predicted molar refractivity (Wildman–Crippen MR) is 156 cm³/mol. The predicted octanol–water partition coefficient (Wildman–Crippen LogP) is 4.77. The Hall–Kier alpha value is -3.85. The molecule has 2 aromatic carbocycles. The van der Waals surface area contributed by atoms with Gasteiger partial charge in [-0.15, -0.1) is 0 Å². The first-order chi connectivity index (χ1) is 19.3. The van der Waals surface area contributed by atoms with Gasteiger partial charge in [0.15, 0.2) is 16.3 Å². The summed E-state index contributed by atoms with van der Waals surface area (Å²) >= 11 is 1.28. The summed E-state index contributed by atoms with van der Waals surface area (Å²) in [6.45, 7) is 8.13. The number of ether oxygens (including phenoxy) is 4. The number of carbonyl (C=O) groups is 1. The van der Waals surface area contributed by atoms with Crippen LogP contribution < -0.4 is 29.1 Å². The Morgan fingerprint density at radius 3 is 2.48 bits per heavy atom. The van der Waals surface area contributed by atoms with Gasteiger partial charge in [-0.05, 0) is 68.7 Å². The molecular formula is C31H36N2O6S. The van der Waals surface area contributed by atoms with Crippen molar-refractivity contribution >= 4 is 23.4 Å². The van der Waals surface area contributed by atoms with E-state index >= 15 is 0 Å². The molecule has 0 saturated heterocycles. The van der Waals surface area contributed by atoms with Crippen molar-refractivity contribution in [3.63, 3.8) is 0 Å². The van der Waals surface area contributed by atoms with Gasteiger partial charge in [-0.2, -0.15) is 0 Å². The van der Waals surface area contributed by atoms with Crippen molar-refractivity contribution in [3.05, 3.63) is 84.5 Å². The van der Waals surface area contributed by atoms with Crippen molar-refractivity contribution < 1.29 is 23.7 Å².